The maximum absolute atomic E-state index is 9.20. The van der Waals surface area contributed by atoms with Gasteiger partial charge in [-0.05, 0) is 44.4 Å². The van der Waals surface area contributed by atoms with Crippen LogP contribution in [0.15, 0.2) is 36.4 Å². The number of hydrogen-bond donors (Lipinski definition) is 1. The SMILES string of the molecule is C=C(C)CCOc1ccc(CCC(C)O)cc1. The molecule has 0 aromatic heterocycles. The molecule has 1 rings (SSSR count). The molecule has 0 amide bonds. The number of hydrogen-bond acceptors (Lipinski definition) is 2. The van der Waals surface area contributed by atoms with Gasteiger partial charge in [0, 0.05) is 6.42 Å². The Labute approximate surface area is 104 Å². The second-order valence-corrected chi connectivity index (χ2v) is 4.59. The number of rotatable bonds is 7. The van der Waals surface area contributed by atoms with Crippen molar-refractivity contribution >= 4 is 0 Å². The molecule has 17 heavy (non-hydrogen) atoms. The van der Waals surface area contributed by atoms with Crippen LogP contribution in [0.2, 0.25) is 0 Å². The molecule has 1 unspecified atom stereocenters. The van der Waals surface area contributed by atoms with Crippen molar-refractivity contribution in [2.75, 3.05) is 6.61 Å². The van der Waals surface area contributed by atoms with Crippen LogP contribution in [0.25, 0.3) is 0 Å². The van der Waals surface area contributed by atoms with E-state index in [0.29, 0.717) is 6.61 Å². The maximum atomic E-state index is 9.20. The highest BCUT2D eigenvalue weighted by molar-refractivity contribution is 5.27. The van der Waals surface area contributed by atoms with Crippen molar-refractivity contribution in [3.63, 3.8) is 0 Å². The zero-order valence-corrected chi connectivity index (χ0v) is 10.8. The summed E-state index contributed by atoms with van der Waals surface area (Å²) in [5, 5.41) is 9.20. The minimum Gasteiger partial charge on any atom is -0.493 e. The number of aryl methyl sites for hydroxylation is 1. The molecule has 0 aliphatic heterocycles. The van der Waals surface area contributed by atoms with Crippen LogP contribution in [-0.2, 0) is 6.42 Å². The first-order valence-corrected chi connectivity index (χ1v) is 6.12. The number of aliphatic hydroxyl groups is 1. The maximum Gasteiger partial charge on any atom is 0.119 e. The van der Waals surface area contributed by atoms with Gasteiger partial charge in [-0.15, -0.1) is 6.58 Å². The van der Waals surface area contributed by atoms with Crippen molar-refractivity contribution in [1.82, 2.24) is 0 Å². The molecule has 0 radical (unpaired) electrons. The number of benzene rings is 1. The number of aliphatic hydroxyl groups excluding tert-OH is 1. The first kappa shape index (κ1) is 13.8. The average molecular weight is 234 g/mol. The molecule has 0 spiro atoms. The van der Waals surface area contributed by atoms with Crippen molar-refractivity contribution in [1.29, 1.82) is 0 Å². The first-order valence-electron chi connectivity index (χ1n) is 6.12. The Morgan fingerprint density at radius 1 is 1.35 bits per heavy atom. The van der Waals surface area contributed by atoms with Crippen LogP contribution < -0.4 is 4.74 Å². The Hall–Kier alpha value is -1.28. The van der Waals surface area contributed by atoms with Crippen molar-refractivity contribution in [3.8, 4) is 5.75 Å². The minimum atomic E-state index is -0.235. The lowest BCUT2D eigenvalue weighted by Crippen LogP contribution is -2.01. The van der Waals surface area contributed by atoms with E-state index in [2.05, 4.69) is 18.7 Å². The lowest BCUT2D eigenvalue weighted by molar-refractivity contribution is 0.185. The summed E-state index contributed by atoms with van der Waals surface area (Å²) in [6, 6.07) is 8.07. The quantitative estimate of drug-likeness (QED) is 0.733. The van der Waals surface area contributed by atoms with Gasteiger partial charge in [0.15, 0.2) is 0 Å². The molecule has 1 atom stereocenters. The molecular formula is C15H22O2. The molecule has 0 aliphatic rings. The van der Waals surface area contributed by atoms with Gasteiger partial charge in [-0.3, -0.25) is 0 Å². The van der Waals surface area contributed by atoms with Gasteiger partial charge in [-0.2, -0.15) is 0 Å². The van der Waals surface area contributed by atoms with E-state index in [1.54, 1.807) is 0 Å². The van der Waals surface area contributed by atoms with Crippen LogP contribution in [-0.4, -0.2) is 17.8 Å². The van der Waals surface area contributed by atoms with E-state index in [1.165, 1.54) is 5.56 Å². The molecule has 0 bridgehead atoms. The van der Waals surface area contributed by atoms with Gasteiger partial charge >= 0.3 is 0 Å². The highest BCUT2D eigenvalue weighted by Crippen LogP contribution is 2.14. The summed E-state index contributed by atoms with van der Waals surface area (Å²) in [7, 11) is 0. The summed E-state index contributed by atoms with van der Waals surface area (Å²) < 4.78 is 5.59. The molecule has 0 heterocycles. The summed E-state index contributed by atoms with van der Waals surface area (Å²) in [5.41, 5.74) is 2.37. The molecule has 1 aromatic rings. The van der Waals surface area contributed by atoms with Crippen molar-refractivity contribution in [2.24, 2.45) is 0 Å². The molecule has 1 aromatic carbocycles. The zero-order chi connectivity index (χ0) is 12.7. The van der Waals surface area contributed by atoms with Crippen molar-refractivity contribution in [2.45, 2.75) is 39.2 Å². The molecule has 1 N–H and O–H groups in total. The smallest absolute Gasteiger partial charge is 0.119 e. The van der Waals surface area contributed by atoms with E-state index in [9.17, 15) is 5.11 Å². The zero-order valence-electron chi connectivity index (χ0n) is 10.8. The normalized spacial score (nSPS) is 12.2. The van der Waals surface area contributed by atoms with Crippen LogP contribution >= 0.6 is 0 Å². The molecule has 2 nitrogen and oxygen atoms in total. The lowest BCUT2D eigenvalue weighted by atomic mass is 10.1. The molecule has 94 valence electrons. The van der Waals surface area contributed by atoms with Crippen molar-refractivity contribution in [3.05, 3.63) is 42.0 Å². The summed E-state index contributed by atoms with van der Waals surface area (Å²) in [4.78, 5) is 0. The van der Waals surface area contributed by atoms with Gasteiger partial charge in [0.2, 0.25) is 0 Å². The van der Waals surface area contributed by atoms with Crippen LogP contribution in [0.3, 0.4) is 0 Å². The predicted molar refractivity (Wildman–Crippen MR) is 71.4 cm³/mol. The van der Waals surface area contributed by atoms with Crippen LogP contribution in [0.5, 0.6) is 5.75 Å². The third-order valence-corrected chi connectivity index (χ3v) is 2.57. The Bertz CT molecular complexity index is 338. The second-order valence-electron chi connectivity index (χ2n) is 4.59. The third-order valence-electron chi connectivity index (χ3n) is 2.57. The third kappa shape index (κ3) is 6.12. The van der Waals surface area contributed by atoms with E-state index in [0.717, 1.165) is 30.6 Å². The van der Waals surface area contributed by atoms with E-state index in [-0.39, 0.29) is 6.10 Å². The fourth-order valence-corrected chi connectivity index (χ4v) is 1.47. The standard InChI is InChI=1S/C15H22O2/c1-12(2)10-11-17-15-8-6-14(7-9-15)5-4-13(3)16/h6-9,13,16H,1,4-5,10-11H2,2-3H3. The highest BCUT2D eigenvalue weighted by atomic mass is 16.5. The Kier molecular flexibility index (Phi) is 5.78. The van der Waals surface area contributed by atoms with E-state index < -0.39 is 0 Å². The predicted octanol–water partition coefficient (Wildman–Crippen LogP) is 3.35. The fraction of sp³-hybridized carbons (Fsp3) is 0.467. The Morgan fingerprint density at radius 3 is 2.53 bits per heavy atom. The molecule has 0 saturated carbocycles. The largest absolute Gasteiger partial charge is 0.493 e. The molecule has 0 fully saturated rings. The van der Waals surface area contributed by atoms with Gasteiger partial charge < -0.3 is 9.84 Å². The van der Waals surface area contributed by atoms with Gasteiger partial charge in [-0.25, -0.2) is 0 Å². The fourth-order valence-electron chi connectivity index (χ4n) is 1.47. The average Bonchev–Trinajstić information content (AvgIpc) is 2.27. The lowest BCUT2D eigenvalue weighted by Gasteiger charge is -2.08. The second kappa shape index (κ2) is 7.13. The van der Waals surface area contributed by atoms with Gasteiger partial charge in [0.05, 0.1) is 12.7 Å². The monoisotopic (exact) mass is 234 g/mol. The van der Waals surface area contributed by atoms with Crippen LogP contribution in [0, 0.1) is 0 Å². The summed E-state index contributed by atoms with van der Waals surface area (Å²) >= 11 is 0. The van der Waals surface area contributed by atoms with Gasteiger partial charge in [0.25, 0.3) is 0 Å². The van der Waals surface area contributed by atoms with E-state index >= 15 is 0 Å². The molecule has 0 aliphatic carbocycles. The minimum absolute atomic E-state index is 0.235. The van der Waals surface area contributed by atoms with E-state index in [1.807, 2.05) is 26.0 Å². The molecule has 2 heteroatoms. The topological polar surface area (TPSA) is 29.5 Å². The highest BCUT2D eigenvalue weighted by Gasteiger charge is 1.99. The summed E-state index contributed by atoms with van der Waals surface area (Å²) in [6.07, 6.45) is 2.37. The van der Waals surface area contributed by atoms with Crippen molar-refractivity contribution < 1.29 is 9.84 Å². The molecular weight excluding hydrogens is 212 g/mol. The van der Waals surface area contributed by atoms with Crippen LogP contribution in [0.1, 0.15) is 32.3 Å². The Balaban J connectivity index is 2.36. The summed E-state index contributed by atoms with van der Waals surface area (Å²) in [6.45, 7) is 8.34. The van der Waals surface area contributed by atoms with Crippen LogP contribution in [0.4, 0.5) is 0 Å². The Morgan fingerprint density at radius 2 is 2.00 bits per heavy atom. The van der Waals surface area contributed by atoms with Gasteiger partial charge in [-0.1, -0.05) is 17.7 Å². The van der Waals surface area contributed by atoms with Gasteiger partial charge in [0.1, 0.15) is 5.75 Å². The van der Waals surface area contributed by atoms with E-state index in [4.69, 9.17) is 4.74 Å². The first-order chi connectivity index (χ1) is 8.08. The summed E-state index contributed by atoms with van der Waals surface area (Å²) in [5.74, 6) is 0.895. The molecule has 0 saturated heterocycles. The number of ether oxygens (including phenoxy) is 1.